The van der Waals surface area contributed by atoms with Crippen molar-refractivity contribution in [3.8, 4) is 6.07 Å². The summed E-state index contributed by atoms with van der Waals surface area (Å²) in [5, 5.41) is 12.6. The van der Waals surface area contributed by atoms with E-state index < -0.39 is 11.9 Å². The van der Waals surface area contributed by atoms with E-state index >= 15 is 0 Å². The summed E-state index contributed by atoms with van der Waals surface area (Å²) in [7, 11) is 0. The van der Waals surface area contributed by atoms with Crippen molar-refractivity contribution < 1.29 is 14.0 Å². The third kappa shape index (κ3) is 5.48. The highest BCUT2D eigenvalue weighted by atomic mass is 16.3. The topological polar surface area (TPSA) is 89.6 Å². The standard InChI is InChI=1S/C26H26N4O3/c27-19-23(21-10-5-2-6-11-21)29-13-15-30(16-14-29)26(32)22(18-20-8-3-1-4-9-20)28-25(31)24-12-7-17-33-24/h1-12,17,22-23H,13-16,18H2,(H,28,31). The number of benzene rings is 2. The predicted molar refractivity (Wildman–Crippen MR) is 123 cm³/mol. The Bertz CT molecular complexity index is 1090. The van der Waals surface area contributed by atoms with Gasteiger partial charge in [-0.15, -0.1) is 0 Å². The molecule has 7 heteroatoms. The van der Waals surface area contributed by atoms with Crippen molar-refractivity contribution in [2.45, 2.75) is 18.5 Å². The zero-order valence-corrected chi connectivity index (χ0v) is 18.3. The van der Waals surface area contributed by atoms with E-state index in [1.54, 1.807) is 17.0 Å². The fraction of sp³-hybridized carbons (Fsp3) is 0.269. The zero-order chi connectivity index (χ0) is 23.0. The average molecular weight is 443 g/mol. The van der Waals surface area contributed by atoms with E-state index in [0.29, 0.717) is 32.6 Å². The van der Waals surface area contributed by atoms with Crippen LogP contribution in [0.5, 0.6) is 0 Å². The Balaban J connectivity index is 1.44. The number of rotatable bonds is 7. The van der Waals surface area contributed by atoms with Gasteiger partial charge in [-0.1, -0.05) is 60.7 Å². The quantitative estimate of drug-likeness (QED) is 0.608. The maximum atomic E-state index is 13.4. The molecule has 1 aliphatic heterocycles. The highest BCUT2D eigenvalue weighted by Gasteiger charge is 2.31. The first kappa shape index (κ1) is 22.3. The lowest BCUT2D eigenvalue weighted by atomic mass is 10.0. The van der Waals surface area contributed by atoms with Crippen molar-refractivity contribution in [3.05, 3.63) is 95.9 Å². The van der Waals surface area contributed by atoms with E-state index in [-0.39, 0.29) is 17.7 Å². The van der Waals surface area contributed by atoms with Crippen LogP contribution in [0.4, 0.5) is 0 Å². The van der Waals surface area contributed by atoms with Gasteiger partial charge in [-0.05, 0) is 23.3 Å². The molecule has 2 heterocycles. The van der Waals surface area contributed by atoms with Gasteiger partial charge in [0.15, 0.2) is 5.76 Å². The van der Waals surface area contributed by atoms with Crippen molar-refractivity contribution in [2.24, 2.45) is 0 Å². The van der Waals surface area contributed by atoms with Crippen LogP contribution in [0, 0.1) is 11.3 Å². The number of nitrogens with one attached hydrogen (secondary N) is 1. The summed E-state index contributed by atoms with van der Waals surface area (Å²) < 4.78 is 5.19. The van der Waals surface area contributed by atoms with Gasteiger partial charge in [0, 0.05) is 32.6 Å². The van der Waals surface area contributed by atoms with Gasteiger partial charge >= 0.3 is 0 Å². The fourth-order valence-electron chi connectivity index (χ4n) is 4.11. The normalized spacial score (nSPS) is 15.9. The van der Waals surface area contributed by atoms with Crippen molar-refractivity contribution in [1.29, 1.82) is 5.26 Å². The van der Waals surface area contributed by atoms with Crippen LogP contribution in [-0.2, 0) is 11.2 Å². The van der Waals surface area contributed by atoms with Crippen molar-refractivity contribution >= 4 is 11.8 Å². The Labute approximate surface area is 193 Å². The Morgan fingerprint density at radius 1 is 0.939 bits per heavy atom. The van der Waals surface area contributed by atoms with E-state index in [4.69, 9.17) is 4.42 Å². The van der Waals surface area contributed by atoms with Gasteiger partial charge in [0.1, 0.15) is 12.1 Å². The molecule has 2 unspecified atom stereocenters. The molecule has 0 bridgehead atoms. The molecule has 0 spiro atoms. The number of carbonyl (C=O) groups is 2. The number of carbonyl (C=O) groups excluding carboxylic acids is 2. The number of piperazine rings is 1. The fourth-order valence-corrected chi connectivity index (χ4v) is 4.11. The van der Waals surface area contributed by atoms with Crippen LogP contribution in [0.3, 0.4) is 0 Å². The van der Waals surface area contributed by atoms with Crippen LogP contribution in [-0.4, -0.2) is 53.8 Å². The minimum Gasteiger partial charge on any atom is -0.459 e. The highest BCUT2D eigenvalue weighted by molar-refractivity contribution is 5.95. The average Bonchev–Trinajstić information content (AvgIpc) is 3.41. The monoisotopic (exact) mass is 442 g/mol. The molecule has 168 valence electrons. The smallest absolute Gasteiger partial charge is 0.287 e. The van der Waals surface area contributed by atoms with Gasteiger partial charge in [0.05, 0.1) is 12.3 Å². The molecule has 1 N–H and O–H groups in total. The maximum Gasteiger partial charge on any atom is 0.287 e. The summed E-state index contributed by atoms with van der Waals surface area (Å²) in [6.07, 6.45) is 1.82. The Morgan fingerprint density at radius 2 is 1.61 bits per heavy atom. The largest absolute Gasteiger partial charge is 0.459 e. The molecule has 7 nitrogen and oxygen atoms in total. The summed E-state index contributed by atoms with van der Waals surface area (Å²) in [6.45, 7) is 2.16. The molecule has 0 saturated carbocycles. The molecule has 0 aliphatic carbocycles. The summed E-state index contributed by atoms with van der Waals surface area (Å²) >= 11 is 0. The second-order valence-electron chi connectivity index (χ2n) is 8.00. The number of furan rings is 1. The molecule has 1 fully saturated rings. The molecule has 2 aromatic carbocycles. The van der Waals surface area contributed by atoms with E-state index in [2.05, 4.69) is 16.3 Å². The van der Waals surface area contributed by atoms with E-state index in [1.807, 2.05) is 60.7 Å². The lowest BCUT2D eigenvalue weighted by molar-refractivity contribution is -0.135. The molecular formula is C26H26N4O3. The molecular weight excluding hydrogens is 416 g/mol. The van der Waals surface area contributed by atoms with Gasteiger partial charge in [0.25, 0.3) is 5.91 Å². The third-order valence-electron chi connectivity index (χ3n) is 5.86. The third-order valence-corrected chi connectivity index (χ3v) is 5.86. The molecule has 1 saturated heterocycles. The first-order chi connectivity index (χ1) is 16.2. The van der Waals surface area contributed by atoms with Gasteiger partial charge < -0.3 is 14.6 Å². The lowest BCUT2D eigenvalue weighted by Gasteiger charge is -2.38. The minimum absolute atomic E-state index is 0.133. The van der Waals surface area contributed by atoms with Crippen molar-refractivity contribution in [3.63, 3.8) is 0 Å². The Morgan fingerprint density at radius 3 is 2.21 bits per heavy atom. The first-order valence-corrected chi connectivity index (χ1v) is 11.0. The van der Waals surface area contributed by atoms with Crippen LogP contribution >= 0.6 is 0 Å². The van der Waals surface area contributed by atoms with E-state index in [1.165, 1.54) is 6.26 Å². The van der Waals surface area contributed by atoms with Crippen LogP contribution < -0.4 is 5.32 Å². The summed E-state index contributed by atoms with van der Waals surface area (Å²) in [5.41, 5.74) is 1.91. The summed E-state index contributed by atoms with van der Waals surface area (Å²) in [4.78, 5) is 29.9. The predicted octanol–water partition coefficient (Wildman–Crippen LogP) is 3.03. The van der Waals surface area contributed by atoms with Gasteiger partial charge in [-0.25, -0.2) is 0 Å². The highest BCUT2D eigenvalue weighted by Crippen LogP contribution is 2.22. The Kier molecular flexibility index (Phi) is 7.18. The van der Waals surface area contributed by atoms with Crippen LogP contribution in [0.25, 0.3) is 0 Å². The van der Waals surface area contributed by atoms with E-state index in [0.717, 1.165) is 11.1 Å². The second-order valence-corrected chi connectivity index (χ2v) is 8.00. The molecule has 2 amide bonds. The minimum atomic E-state index is -0.711. The number of nitriles is 1. The van der Waals surface area contributed by atoms with Crippen LogP contribution in [0.2, 0.25) is 0 Å². The SMILES string of the molecule is N#CC(c1ccccc1)N1CCN(C(=O)C(Cc2ccccc2)NC(=O)c2ccco2)CC1. The van der Waals surface area contributed by atoms with Crippen molar-refractivity contribution in [2.75, 3.05) is 26.2 Å². The molecule has 4 rings (SSSR count). The summed E-state index contributed by atoms with van der Waals surface area (Å²) in [6, 6.07) is 23.8. The number of hydrogen-bond donors (Lipinski definition) is 1. The molecule has 1 aromatic heterocycles. The van der Waals surface area contributed by atoms with Gasteiger partial charge in [-0.3, -0.25) is 14.5 Å². The molecule has 3 aromatic rings. The lowest BCUT2D eigenvalue weighted by Crippen LogP contribution is -2.55. The maximum absolute atomic E-state index is 13.4. The zero-order valence-electron chi connectivity index (χ0n) is 18.3. The summed E-state index contributed by atoms with van der Waals surface area (Å²) in [5.74, 6) is -0.376. The Hall–Kier alpha value is -3.89. The van der Waals surface area contributed by atoms with Gasteiger partial charge in [-0.2, -0.15) is 5.26 Å². The van der Waals surface area contributed by atoms with Crippen LogP contribution in [0.15, 0.2) is 83.5 Å². The number of amides is 2. The van der Waals surface area contributed by atoms with Crippen molar-refractivity contribution in [1.82, 2.24) is 15.1 Å². The second kappa shape index (κ2) is 10.6. The number of hydrogen-bond acceptors (Lipinski definition) is 5. The van der Waals surface area contributed by atoms with E-state index in [9.17, 15) is 14.9 Å². The number of nitrogens with zero attached hydrogens (tertiary/aromatic N) is 3. The molecule has 33 heavy (non-hydrogen) atoms. The molecule has 0 radical (unpaired) electrons. The van der Waals surface area contributed by atoms with Crippen LogP contribution in [0.1, 0.15) is 27.7 Å². The molecule has 1 aliphatic rings. The van der Waals surface area contributed by atoms with Gasteiger partial charge in [0.2, 0.25) is 5.91 Å². The molecule has 2 atom stereocenters. The first-order valence-electron chi connectivity index (χ1n) is 11.0.